The standard InChI is InChI=1S/C12H17ClN2O2/c1-8-3-4-9(12(17)14-2)5-11(8)15-7-10(16)6-13/h3-5,10,15-16H,6-7H2,1-2H3,(H,14,17). The molecule has 0 saturated carbocycles. The lowest BCUT2D eigenvalue weighted by atomic mass is 10.1. The van der Waals surface area contributed by atoms with E-state index < -0.39 is 6.10 Å². The molecule has 0 saturated heterocycles. The van der Waals surface area contributed by atoms with Crippen molar-refractivity contribution in [3.05, 3.63) is 29.3 Å². The number of hydrogen-bond acceptors (Lipinski definition) is 3. The number of carbonyl (C=O) groups excluding carboxylic acids is 1. The summed E-state index contributed by atoms with van der Waals surface area (Å²) in [6, 6.07) is 5.38. The van der Waals surface area contributed by atoms with Gasteiger partial charge in [0.15, 0.2) is 0 Å². The third-order valence-corrected chi connectivity index (χ3v) is 2.79. The third kappa shape index (κ3) is 3.91. The van der Waals surface area contributed by atoms with E-state index in [9.17, 15) is 9.90 Å². The van der Waals surface area contributed by atoms with Crippen LogP contribution in [-0.2, 0) is 0 Å². The van der Waals surface area contributed by atoms with Gasteiger partial charge in [-0.1, -0.05) is 6.07 Å². The first-order valence-corrected chi connectivity index (χ1v) is 5.92. The molecule has 1 unspecified atom stereocenters. The second-order valence-corrected chi connectivity index (χ2v) is 4.11. The molecular formula is C12H17ClN2O2. The zero-order chi connectivity index (χ0) is 12.8. The molecule has 17 heavy (non-hydrogen) atoms. The molecule has 0 aliphatic rings. The fourth-order valence-corrected chi connectivity index (χ4v) is 1.49. The zero-order valence-corrected chi connectivity index (χ0v) is 10.7. The van der Waals surface area contributed by atoms with Gasteiger partial charge in [0.05, 0.1) is 12.0 Å². The zero-order valence-electron chi connectivity index (χ0n) is 9.96. The Morgan fingerprint density at radius 2 is 2.24 bits per heavy atom. The molecule has 5 heteroatoms. The fourth-order valence-electron chi connectivity index (χ4n) is 1.38. The van der Waals surface area contributed by atoms with Crippen molar-refractivity contribution < 1.29 is 9.90 Å². The van der Waals surface area contributed by atoms with Gasteiger partial charge in [-0.2, -0.15) is 0 Å². The number of benzene rings is 1. The van der Waals surface area contributed by atoms with Gasteiger partial charge in [-0.3, -0.25) is 4.79 Å². The van der Waals surface area contributed by atoms with Gasteiger partial charge >= 0.3 is 0 Å². The van der Waals surface area contributed by atoms with Crippen LogP contribution in [0.15, 0.2) is 18.2 Å². The second kappa shape index (κ2) is 6.47. The molecule has 0 aromatic heterocycles. The number of nitrogens with one attached hydrogen (secondary N) is 2. The first kappa shape index (κ1) is 13.8. The van der Waals surface area contributed by atoms with E-state index in [0.29, 0.717) is 12.1 Å². The van der Waals surface area contributed by atoms with Crippen molar-refractivity contribution >= 4 is 23.2 Å². The summed E-state index contributed by atoms with van der Waals surface area (Å²) in [5.41, 5.74) is 2.43. The summed E-state index contributed by atoms with van der Waals surface area (Å²) in [4.78, 5) is 11.5. The highest BCUT2D eigenvalue weighted by atomic mass is 35.5. The quantitative estimate of drug-likeness (QED) is 0.698. The highest BCUT2D eigenvalue weighted by molar-refractivity contribution is 6.18. The molecule has 0 fully saturated rings. The molecule has 0 aliphatic carbocycles. The van der Waals surface area contributed by atoms with Crippen LogP contribution < -0.4 is 10.6 Å². The Hall–Kier alpha value is -1.26. The summed E-state index contributed by atoms with van der Waals surface area (Å²) >= 11 is 5.51. The minimum Gasteiger partial charge on any atom is -0.390 e. The minimum atomic E-state index is -0.597. The van der Waals surface area contributed by atoms with Crippen molar-refractivity contribution in [2.75, 3.05) is 24.8 Å². The highest BCUT2D eigenvalue weighted by Gasteiger charge is 2.07. The van der Waals surface area contributed by atoms with Crippen LogP contribution in [0.5, 0.6) is 0 Å². The maximum atomic E-state index is 11.5. The number of rotatable bonds is 5. The van der Waals surface area contributed by atoms with E-state index in [1.807, 2.05) is 13.0 Å². The van der Waals surface area contributed by atoms with E-state index in [-0.39, 0.29) is 11.8 Å². The van der Waals surface area contributed by atoms with Crippen molar-refractivity contribution in [1.29, 1.82) is 0 Å². The topological polar surface area (TPSA) is 61.4 Å². The lowest BCUT2D eigenvalue weighted by Crippen LogP contribution is -2.22. The first-order chi connectivity index (χ1) is 8.08. The Balaban J connectivity index is 2.80. The predicted octanol–water partition coefficient (Wildman–Crippen LogP) is 1.37. The van der Waals surface area contributed by atoms with Gasteiger partial charge in [-0.25, -0.2) is 0 Å². The number of hydrogen-bond donors (Lipinski definition) is 3. The minimum absolute atomic E-state index is 0.133. The summed E-state index contributed by atoms with van der Waals surface area (Å²) < 4.78 is 0. The Kier molecular flexibility index (Phi) is 5.25. The number of amides is 1. The van der Waals surface area contributed by atoms with Crippen LogP contribution in [0, 0.1) is 6.92 Å². The van der Waals surface area contributed by atoms with E-state index >= 15 is 0 Å². The maximum Gasteiger partial charge on any atom is 0.251 e. The summed E-state index contributed by atoms with van der Waals surface area (Å²) in [5, 5.41) is 15.0. The van der Waals surface area contributed by atoms with Gasteiger partial charge in [0.2, 0.25) is 0 Å². The van der Waals surface area contributed by atoms with Crippen LogP contribution in [0.1, 0.15) is 15.9 Å². The number of carbonyl (C=O) groups is 1. The number of aryl methyl sites for hydroxylation is 1. The smallest absolute Gasteiger partial charge is 0.251 e. The molecule has 0 spiro atoms. The average Bonchev–Trinajstić information content (AvgIpc) is 2.36. The van der Waals surface area contributed by atoms with E-state index in [2.05, 4.69) is 10.6 Å². The number of alkyl halides is 1. The van der Waals surface area contributed by atoms with Crippen molar-refractivity contribution in [1.82, 2.24) is 5.32 Å². The lowest BCUT2D eigenvalue weighted by Gasteiger charge is -2.13. The molecule has 1 atom stereocenters. The van der Waals surface area contributed by atoms with Crippen LogP contribution in [0.25, 0.3) is 0 Å². The number of halogens is 1. The Morgan fingerprint density at radius 1 is 1.53 bits per heavy atom. The van der Waals surface area contributed by atoms with Gasteiger partial charge in [-0.05, 0) is 24.6 Å². The Morgan fingerprint density at radius 3 is 2.82 bits per heavy atom. The normalized spacial score (nSPS) is 12.0. The predicted molar refractivity (Wildman–Crippen MR) is 69.8 cm³/mol. The summed E-state index contributed by atoms with van der Waals surface area (Å²) in [5.74, 6) is 0.0483. The van der Waals surface area contributed by atoms with Crippen molar-refractivity contribution in [2.45, 2.75) is 13.0 Å². The van der Waals surface area contributed by atoms with Crippen LogP contribution in [0.4, 0.5) is 5.69 Å². The SMILES string of the molecule is CNC(=O)c1ccc(C)c(NCC(O)CCl)c1. The van der Waals surface area contributed by atoms with Crippen molar-refractivity contribution in [2.24, 2.45) is 0 Å². The molecule has 1 amide bonds. The fraction of sp³-hybridized carbons (Fsp3) is 0.417. The summed E-state index contributed by atoms with van der Waals surface area (Å²) in [6.45, 7) is 2.30. The summed E-state index contributed by atoms with van der Waals surface area (Å²) in [7, 11) is 1.59. The molecule has 4 nitrogen and oxygen atoms in total. The van der Waals surface area contributed by atoms with Crippen molar-refractivity contribution in [3.63, 3.8) is 0 Å². The monoisotopic (exact) mass is 256 g/mol. The number of aliphatic hydroxyl groups is 1. The van der Waals surface area contributed by atoms with Gasteiger partial charge in [-0.15, -0.1) is 11.6 Å². The van der Waals surface area contributed by atoms with E-state index in [1.54, 1.807) is 19.2 Å². The van der Waals surface area contributed by atoms with E-state index in [1.165, 1.54) is 0 Å². The molecule has 1 aromatic carbocycles. The molecule has 0 bridgehead atoms. The van der Waals surface area contributed by atoms with Gasteiger partial charge < -0.3 is 15.7 Å². The molecule has 1 rings (SSSR count). The summed E-state index contributed by atoms with van der Waals surface area (Å²) in [6.07, 6.45) is -0.597. The molecule has 94 valence electrons. The largest absolute Gasteiger partial charge is 0.390 e. The molecule has 0 aliphatic heterocycles. The molecule has 1 aromatic rings. The number of aliphatic hydroxyl groups excluding tert-OH is 1. The second-order valence-electron chi connectivity index (χ2n) is 3.80. The molecule has 0 heterocycles. The lowest BCUT2D eigenvalue weighted by molar-refractivity contribution is 0.0963. The molecule has 3 N–H and O–H groups in total. The average molecular weight is 257 g/mol. The van der Waals surface area contributed by atoms with Crippen molar-refractivity contribution in [3.8, 4) is 0 Å². The van der Waals surface area contributed by atoms with E-state index in [0.717, 1.165) is 11.3 Å². The van der Waals surface area contributed by atoms with Gasteiger partial charge in [0.1, 0.15) is 0 Å². The third-order valence-electron chi connectivity index (χ3n) is 2.43. The molecular weight excluding hydrogens is 240 g/mol. The molecule has 0 radical (unpaired) electrons. The van der Waals surface area contributed by atoms with Gasteiger partial charge in [0, 0.05) is 24.8 Å². The van der Waals surface area contributed by atoms with Crippen LogP contribution in [0.2, 0.25) is 0 Å². The van der Waals surface area contributed by atoms with Gasteiger partial charge in [0.25, 0.3) is 5.91 Å². The Bertz CT molecular complexity index is 396. The van der Waals surface area contributed by atoms with Crippen LogP contribution in [-0.4, -0.2) is 36.6 Å². The Labute approximate surface area is 106 Å². The van der Waals surface area contributed by atoms with E-state index in [4.69, 9.17) is 11.6 Å². The van der Waals surface area contributed by atoms with Crippen LogP contribution >= 0.6 is 11.6 Å². The first-order valence-electron chi connectivity index (χ1n) is 5.39. The maximum absolute atomic E-state index is 11.5. The highest BCUT2D eigenvalue weighted by Crippen LogP contribution is 2.16. The number of anilines is 1. The van der Waals surface area contributed by atoms with Crippen LogP contribution in [0.3, 0.4) is 0 Å².